The van der Waals surface area contributed by atoms with Gasteiger partial charge in [0.1, 0.15) is 0 Å². The number of thiophene rings is 1. The highest BCUT2D eigenvalue weighted by atomic mass is 32.1. The zero-order valence-corrected chi connectivity index (χ0v) is 10.8. The molecule has 2 aromatic heterocycles. The highest BCUT2D eigenvalue weighted by Gasteiger charge is 2.13. The third-order valence-corrected chi connectivity index (χ3v) is 3.87. The van der Waals surface area contributed by atoms with Gasteiger partial charge in [-0.1, -0.05) is 18.2 Å². The van der Waals surface area contributed by atoms with Gasteiger partial charge in [-0.2, -0.15) is 5.10 Å². The molecule has 3 aromatic rings. The molecular weight excluding hydrogens is 244 g/mol. The fourth-order valence-corrected chi connectivity index (χ4v) is 3.00. The van der Waals surface area contributed by atoms with Crippen molar-refractivity contribution in [1.82, 2.24) is 9.78 Å². The summed E-state index contributed by atoms with van der Waals surface area (Å²) in [6.45, 7) is 0. The van der Waals surface area contributed by atoms with Gasteiger partial charge in [0.05, 0.1) is 6.20 Å². The molecule has 0 aliphatic heterocycles. The summed E-state index contributed by atoms with van der Waals surface area (Å²) in [6, 6.07) is 8.01. The van der Waals surface area contributed by atoms with Crippen LogP contribution in [0.1, 0.15) is 15.9 Å². The van der Waals surface area contributed by atoms with Crippen LogP contribution in [0.2, 0.25) is 0 Å². The van der Waals surface area contributed by atoms with Crippen LogP contribution >= 0.6 is 11.3 Å². The highest BCUT2D eigenvalue weighted by Crippen LogP contribution is 2.26. The smallest absolute Gasteiger partial charge is 0.168 e. The lowest BCUT2D eigenvalue weighted by Crippen LogP contribution is -2.01. The maximum atomic E-state index is 12.3. The minimum Gasteiger partial charge on any atom is -0.294 e. The zero-order chi connectivity index (χ0) is 12.5. The molecule has 0 amide bonds. The molecule has 0 aliphatic carbocycles. The summed E-state index contributed by atoms with van der Waals surface area (Å²) < 4.78 is 2.88. The quantitative estimate of drug-likeness (QED) is 0.675. The normalized spacial score (nSPS) is 10.9. The number of benzene rings is 1. The zero-order valence-electron chi connectivity index (χ0n) is 9.96. The van der Waals surface area contributed by atoms with Crippen LogP contribution in [-0.4, -0.2) is 15.6 Å². The van der Waals surface area contributed by atoms with Crippen LogP contribution in [0.15, 0.2) is 42.0 Å². The van der Waals surface area contributed by atoms with Gasteiger partial charge in [0.25, 0.3) is 0 Å². The van der Waals surface area contributed by atoms with Gasteiger partial charge in [-0.3, -0.25) is 9.48 Å². The van der Waals surface area contributed by atoms with Gasteiger partial charge < -0.3 is 0 Å². The summed E-state index contributed by atoms with van der Waals surface area (Å²) in [5, 5.41) is 7.08. The number of carbonyl (C=O) groups is 1. The largest absolute Gasteiger partial charge is 0.294 e. The Bertz CT molecular complexity index is 711. The molecular formula is C14H12N2OS. The maximum Gasteiger partial charge on any atom is 0.168 e. The molecule has 0 spiro atoms. The minimum absolute atomic E-state index is 0.153. The third-order valence-electron chi connectivity index (χ3n) is 2.90. The second-order valence-electron chi connectivity index (χ2n) is 4.27. The van der Waals surface area contributed by atoms with Gasteiger partial charge in [0.15, 0.2) is 5.78 Å². The molecule has 1 aromatic carbocycles. The van der Waals surface area contributed by atoms with Crippen molar-refractivity contribution in [2.24, 2.45) is 7.05 Å². The van der Waals surface area contributed by atoms with Gasteiger partial charge in [0.2, 0.25) is 0 Å². The Morgan fingerprint density at radius 3 is 3.00 bits per heavy atom. The predicted octanol–water partition coefficient (Wildman–Crippen LogP) is 3.06. The van der Waals surface area contributed by atoms with E-state index >= 15 is 0 Å². The van der Waals surface area contributed by atoms with Crippen molar-refractivity contribution in [3.05, 3.63) is 53.2 Å². The second-order valence-corrected chi connectivity index (χ2v) is 5.18. The maximum absolute atomic E-state index is 12.3. The van der Waals surface area contributed by atoms with E-state index in [0.717, 1.165) is 21.2 Å². The molecule has 0 fully saturated rings. The molecule has 90 valence electrons. The van der Waals surface area contributed by atoms with Crippen LogP contribution in [0.5, 0.6) is 0 Å². The molecule has 0 saturated heterocycles. The van der Waals surface area contributed by atoms with Crippen LogP contribution in [0.4, 0.5) is 0 Å². The van der Waals surface area contributed by atoms with Crippen molar-refractivity contribution in [3.63, 3.8) is 0 Å². The SMILES string of the molecule is Cn1cc(CC(=O)c2csc3ccccc23)cn1. The number of hydrogen-bond acceptors (Lipinski definition) is 3. The van der Waals surface area contributed by atoms with Gasteiger partial charge in [0, 0.05) is 40.7 Å². The number of fused-ring (bicyclic) bond motifs is 1. The summed E-state index contributed by atoms with van der Waals surface area (Å²) in [7, 11) is 1.86. The summed E-state index contributed by atoms with van der Waals surface area (Å²) in [6.07, 6.45) is 4.04. The van der Waals surface area contributed by atoms with E-state index in [1.807, 2.05) is 42.9 Å². The Kier molecular flexibility index (Phi) is 2.72. The van der Waals surface area contributed by atoms with Gasteiger partial charge in [-0.05, 0) is 11.6 Å². The van der Waals surface area contributed by atoms with Crippen LogP contribution < -0.4 is 0 Å². The highest BCUT2D eigenvalue weighted by molar-refractivity contribution is 7.17. The number of ketones is 1. The lowest BCUT2D eigenvalue weighted by atomic mass is 10.0. The Balaban J connectivity index is 1.92. The summed E-state index contributed by atoms with van der Waals surface area (Å²) in [4.78, 5) is 12.3. The van der Waals surface area contributed by atoms with E-state index in [1.165, 1.54) is 0 Å². The molecule has 0 N–H and O–H groups in total. The number of Topliss-reactive ketones (excluding diaryl/α,β-unsaturated/α-hetero) is 1. The topological polar surface area (TPSA) is 34.9 Å². The fourth-order valence-electron chi connectivity index (χ4n) is 2.04. The van der Waals surface area contributed by atoms with Crippen LogP contribution in [-0.2, 0) is 13.5 Å². The van der Waals surface area contributed by atoms with E-state index in [-0.39, 0.29) is 5.78 Å². The standard InChI is InChI=1S/C14H12N2OS/c1-16-8-10(7-15-16)6-13(17)12-9-18-14-5-3-2-4-11(12)14/h2-5,7-9H,6H2,1H3. The molecule has 0 atom stereocenters. The van der Waals surface area contributed by atoms with E-state index in [4.69, 9.17) is 0 Å². The first kappa shape index (κ1) is 11.2. The molecule has 3 rings (SSSR count). The first-order valence-electron chi connectivity index (χ1n) is 5.71. The number of aryl methyl sites for hydroxylation is 1. The van der Waals surface area contributed by atoms with E-state index in [9.17, 15) is 4.79 Å². The van der Waals surface area contributed by atoms with Crippen molar-refractivity contribution in [1.29, 1.82) is 0 Å². The van der Waals surface area contributed by atoms with Crippen molar-refractivity contribution >= 4 is 27.2 Å². The van der Waals surface area contributed by atoms with Crippen LogP contribution in [0.25, 0.3) is 10.1 Å². The second kappa shape index (κ2) is 4.38. The summed E-state index contributed by atoms with van der Waals surface area (Å²) in [5.74, 6) is 0.153. The van der Waals surface area contributed by atoms with E-state index in [1.54, 1.807) is 22.2 Å². The molecule has 2 heterocycles. The molecule has 4 heteroatoms. The molecule has 0 aliphatic rings. The first-order valence-corrected chi connectivity index (χ1v) is 6.59. The number of hydrogen-bond donors (Lipinski definition) is 0. The summed E-state index contributed by atoms with van der Waals surface area (Å²) in [5.41, 5.74) is 1.78. The van der Waals surface area contributed by atoms with Gasteiger partial charge in [-0.25, -0.2) is 0 Å². The summed E-state index contributed by atoms with van der Waals surface area (Å²) >= 11 is 1.62. The first-order chi connectivity index (χ1) is 8.74. The predicted molar refractivity (Wildman–Crippen MR) is 73.1 cm³/mol. The molecule has 3 nitrogen and oxygen atoms in total. The molecule has 0 saturated carbocycles. The molecule has 18 heavy (non-hydrogen) atoms. The van der Waals surface area contributed by atoms with Crippen molar-refractivity contribution in [2.75, 3.05) is 0 Å². The molecule has 0 unspecified atom stereocenters. The van der Waals surface area contributed by atoms with E-state index in [0.29, 0.717) is 6.42 Å². The number of nitrogens with zero attached hydrogens (tertiary/aromatic N) is 2. The Labute approximate surface area is 109 Å². The molecule has 0 radical (unpaired) electrons. The number of aromatic nitrogens is 2. The van der Waals surface area contributed by atoms with Crippen LogP contribution in [0.3, 0.4) is 0 Å². The minimum atomic E-state index is 0.153. The lowest BCUT2D eigenvalue weighted by Gasteiger charge is -1.97. The van der Waals surface area contributed by atoms with E-state index < -0.39 is 0 Å². The van der Waals surface area contributed by atoms with Crippen molar-refractivity contribution in [2.45, 2.75) is 6.42 Å². The third kappa shape index (κ3) is 1.95. The Morgan fingerprint density at radius 1 is 1.39 bits per heavy atom. The number of carbonyl (C=O) groups excluding carboxylic acids is 1. The van der Waals surface area contributed by atoms with Crippen LogP contribution in [0, 0.1) is 0 Å². The van der Waals surface area contributed by atoms with E-state index in [2.05, 4.69) is 5.10 Å². The average Bonchev–Trinajstić information content (AvgIpc) is 2.95. The van der Waals surface area contributed by atoms with Crippen molar-refractivity contribution < 1.29 is 4.79 Å². The number of rotatable bonds is 3. The lowest BCUT2D eigenvalue weighted by molar-refractivity contribution is 0.0995. The Morgan fingerprint density at radius 2 is 2.22 bits per heavy atom. The van der Waals surface area contributed by atoms with Crippen molar-refractivity contribution in [3.8, 4) is 0 Å². The van der Waals surface area contributed by atoms with Gasteiger partial charge >= 0.3 is 0 Å². The fraction of sp³-hybridized carbons (Fsp3) is 0.143. The van der Waals surface area contributed by atoms with Gasteiger partial charge in [-0.15, -0.1) is 11.3 Å². The Hall–Kier alpha value is -1.94. The monoisotopic (exact) mass is 256 g/mol. The average molecular weight is 256 g/mol. The molecule has 0 bridgehead atoms.